The summed E-state index contributed by atoms with van der Waals surface area (Å²) in [5, 5.41) is 5.03. The molecule has 7 nitrogen and oxygen atoms in total. The van der Waals surface area contributed by atoms with E-state index in [2.05, 4.69) is 34.3 Å². The van der Waals surface area contributed by atoms with Crippen LogP contribution in [0.2, 0.25) is 0 Å². The van der Waals surface area contributed by atoms with E-state index >= 15 is 0 Å². The Morgan fingerprint density at radius 3 is 2.79 bits per heavy atom. The van der Waals surface area contributed by atoms with Crippen LogP contribution in [0.5, 0.6) is 0 Å². The van der Waals surface area contributed by atoms with Crippen molar-refractivity contribution in [2.75, 3.05) is 39.4 Å². The molecular weight excluding hydrogens is 436 g/mol. The summed E-state index contributed by atoms with van der Waals surface area (Å²) < 4.78 is 11.0. The quantitative estimate of drug-likeness (QED) is 0.388. The predicted octanol–water partition coefficient (Wildman–Crippen LogP) is 3.34. The van der Waals surface area contributed by atoms with E-state index in [1.54, 1.807) is 6.26 Å². The predicted molar refractivity (Wildman–Crippen MR) is 134 cm³/mol. The van der Waals surface area contributed by atoms with Crippen LogP contribution in [0.25, 0.3) is 10.9 Å². The molecule has 0 saturated carbocycles. The smallest absolute Gasteiger partial charge is 0.253 e. The average Bonchev–Trinajstić information content (AvgIpc) is 3.31. The third kappa shape index (κ3) is 6.22. The zero-order valence-electron chi connectivity index (χ0n) is 19.4. The molecule has 0 amide bonds. The van der Waals surface area contributed by atoms with Crippen molar-refractivity contribution in [1.82, 2.24) is 20.1 Å². The third-order valence-corrected chi connectivity index (χ3v) is 6.38. The second-order valence-corrected chi connectivity index (χ2v) is 9.03. The van der Waals surface area contributed by atoms with E-state index in [0.29, 0.717) is 23.8 Å². The van der Waals surface area contributed by atoms with Crippen LogP contribution in [-0.2, 0) is 17.8 Å². The Labute approximate surface area is 199 Å². The van der Waals surface area contributed by atoms with Crippen LogP contribution >= 0.6 is 12.2 Å². The van der Waals surface area contributed by atoms with Crippen LogP contribution < -0.4 is 10.9 Å². The molecule has 3 aromatic rings. The lowest BCUT2D eigenvalue weighted by molar-refractivity contribution is 0.0376. The van der Waals surface area contributed by atoms with Crippen LogP contribution in [-0.4, -0.2) is 59.3 Å². The van der Waals surface area contributed by atoms with Gasteiger partial charge in [-0.3, -0.25) is 9.69 Å². The first-order chi connectivity index (χ1) is 16.0. The number of thiocarbonyl (C=S) groups is 1. The summed E-state index contributed by atoms with van der Waals surface area (Å²) in [6, 6.07) is 9.94. The molecule has 0 spiro atoms. The van der Waals surface area contributed by atoms with Crippen molar-refractivity contribution in [3.05, 3.63) is 69.4 Å². The number of rotatable bonds is 8. The fraction of sp³-hybridized carbons (Fsp3) is 0.440. The molecule has 176 valence electrons. The van der Waals surface area contributed by atoms with Crippen LogP contribution in [0.3, 0.4) is 0 Å². The lowest BCUT2D eigenvalue weighted by Gasteiger charge is -2.27. The number of hydrogen-bond donors (Lipinski definition) is 2. The molecule has 4 rings (SSSR count). The second-order valence-electron chi connectivity index (χ2n) is 8.64. The molecular formula is C25H32N4O3S. The minimum Gasteiger partial charge on any atom is -0.467 e. The summed E-state index contributed by atoms with van der Waals surface area (Å²) in [5.74, 6) is 0.802. The number of nitrogens with zero attached hydrogens (tertiary/aromatic N) is 2. The number of nitrogens with one attached hydrogen (secondary N) is 2. The van der Waals surface area contributed by atoms with Crippen molar-refractivity contribution in [3.8, 4) is 0 Å². The topological polar surface area (TPSA) is 73.7 Å². The maximum atomic E-state index is 12.9. The first-order valence-electron chi connectivity index (χ1n) is 11.5. The summed E-state index contributed by atoms with van der Waals surface area (Å²) in [4.78, 5) is 20.3. The van der Waals surface area contributed by atoms with Crippen molar-refractivity contribution in [2.45, 2.75) is 33.4 Å². The van der Waals surface area contributed by atoms with E-state index in [1.165, 1.54) is 5.56 Å². The van der Waals surface area contributed by atoms with E-state index < -0.39 is 0 Å². The molecule has 1 aliphatic rings. The van der Waals surface area contributed by atoms with Crippen molar-refractivity contribution < 1.29 is 9.15 Å². The van der Waals surface area contributed by atoms with E-state index in [-0.39, 0.29) is 5.56 Å². The minimum atomic E-state index is -0.0889. The monoisotopic (exact) mass is 468 g/mol. The Hall–Kier alpha value is -2.68. The molecule has 1 aromatic carbocycles. The Bertz CT molecular complexity index is 1140. The number of aromatic amines is 1. The molecule has 0 unspecified atom stereocenters. The summed E-state index contributed by atoms with van der Waals surface area (Å²) >= 11 is 5.73. The van der Waals surface area contributed by atoms with Gasteiger partial charge in [-0.05, 0) is 74.2 Å². The van der Waals surface area contributed by atoms with Crippen molar-refractivity contribution >= 4 is 28.2 Å². The number of benzene rings is 1. The van der Waals surface area contributed by atoms with E-state index in [4.69, 9.17) is 21.4 Å². The van der Waals surface area contributed by atoms with E-state index in [9.17, 15) is 4.79 Å². The van der Waals surface area contributed by atoms with Crippen molar-refractivity contribution in [1.29, 1.82) is 0 Å². The lowest BCUT2D eigenvalue weighted by atomic mass is 10.1. The molecule has 2 aromatic heterocycles. The molecule has 0 radical (unpaired) electrons. The van der Waals surface area contributed by atoms with Crippen LogP contribution in [0.15, 0.2) is 45.8 Å². The Balaban J connectivity index is 1.45. The van der Waals surface area contributed by atoms with Gasteiger partial charge in [0.05, 0.1) is 38.1 Å². The average molecular weight is 469 g/mol. The number of fused-ring (bicyclic) bond motifs is 1. The molecule has 8 heteroatoms. The maximum absolute atomic E-state index is 12.9. The highest BCUT2D eigenvalue weighted by atomic mass is 32.1. The number of furan rings is 1. The highest BCUT2D eigenvalue weighted by Gasteiger charge is 2.16. The van der Waals surface area contributed by atoms with E-state index in [1.807, 2.05) is 30.0 Å². The number of aromatic nitrogens is 1. The maximum Gasteiger partial charge on any atom is 0.253 e. The zero-order valence-corrected chi connectivity index (χ0v) is 20.2. The molecule has 33 heavy (non-hydrogen) atoms. The van der Waals surface area contributed by atoms with Crippen molar-refractivity contribution in [3.63, 3.8) is 0 Å². The number of aryl methyl sites for hydroxylation is 2. The molecule has 0 aliphatic carbocycles. The van der Waals surface area contributed by atoms with Gasteiger partial charge in [0, 0.05) is 25.2 Å². The first-order valence-corrected chi connectivity index (χ1v) is 11.9. The summed E-state index contributed by atoms with van der Waals surface area (Å²) in [6.07, 6.45) is 2.64. The zero-order chi connectivity index (χ0) is 23.2. The molecule has 3 heterocycles. The fourth-order valence-electron chi connectivity index (χ4n) is 4.28. The second kappa shape index (κ2) is 11.0. The molecule has 0 bridgehead atoms. The van der Waals surface area contributed by atoms with Gasteiger partial charge in [-0.15, -0.1) is 0 Å². The van der Waals surface area contributed by atoms with Gasteiger partial charge in [0.2, 0.25) is 0 Å². The Kier molecular flexibility index (Phi) is 7.80. The lowest BCUT2D eigenvalue weighted by Crippen LogP contribution is -2.42. The third-order valence-electron chi connectivity index (χ3n) is 5.98. The minimum absolute atomic E-state index is 0.0889. The number of ether oxygens (including phenoxy) is 1. The van der Waals surface area contributed by atoms with Gasteiger partial charge in [0.25, 0.3) is 5.56 Å². The van der Waals surface area contributed by atoms with E-state index in [0.717, 1.165) is 68.0 Å². The molecule has 1 fully saturated rings. The van der Waals surface area contributed by atoms with Crippen molar-refractivity contribution in [2.24, 2.45) is 0 Å². The number of hydrogen-bond acceptors (Lipinski definition) is 5. The first kappa shape index (κ1) is 23.5. The number of pyridine rings is 1. The van der Waals surface area contributed by atoms with Gasteiger partial charge in [0.15, 0.2) is 5.11 Å². The summed E-state index contributed by atoms with van der Waals surface area (Å²) in [7, 11) is 0. The Morgan fingerprint density at radius 1 is 1.21 bits per heavy atom. The summed E-state index contributed by atoms with van der Waals surface area (Å²) in [5.41, 5.74) is 3.71. The highest BCUT2D eigenvalue weighted by Crippen LogP contribution is 2.19. The SMILES string of the molecule is Cc1cc(C)c2[nH]c(=O)c(CN(Cc3ccco3)C(=S)NCCCN3CCOCC3)cc2c1. The molecule has 0 atom stereocenters. The van der Waals surface area contributed by atoms with Gasteiger partial charge >= 0.3 is 0 Å². The van der Waals surface area contributed by atoms with Crippen LogP contribution in [0, 0.1) is 13.8 Å². The Morgan fingerprint density at radius 2 is 2.03 bits per heavy atom. The fourth-order valence-corrected chi connectivity index (χ4v) is 4.51. The molecule has 2 N–H and O–H groups in total. The summed E-state index contributed by atoms with van der Waals surface area (Å²) in [6.45, 7) is 10.3. The normalized spacial score (nSPS) is 14.5. The number of H-pyrrole nitrogens is 1. The largest absolute Gasteiger partial charge is 0.467 e. The molecule has 1 aliphatic heterocycles. The number of morpholine rings is 1. The highest BCUT2D eigenvalue weighted by molar-refractivity contribution is 7.80. The van der Waals surface area contributed by atoms with Gasteiger partial charge in [-0.25, -0.2) is 0 Å². The van der Waals surface area contributed by atoms with Crippen LogP contribution in [0.1, 0.15) is 28.9 Å². The van der Waals surface area contributed by atoms with Crippen LogP contribution in [0.4, 0.5) is 0 Å². The molecule has 1 saturated heterocycles. The van der Waals surface area contributed by atoms with Gasteiger partial charge < -0.3 is 24.4 Å². The van der Waals surface area contributed by atoms with Gasteiger partial charge in [-0.1, -0.05) is 11.6 Å². The standard InChI is InChI=1S/C25H32N4O3S/c1-18-13-19(2)23-20(14-18)15-21(24(30)27-23)16-29(17-22-5-3-10-32-22)25(33)26-6-4-7-28-8-11-31-12-9-28/h3,5,10,13-15H,4,6-9,11-12,16-17H2,1-2H3,(H,26,33)(H,27,30). The van der Waals surface area contributed by atoms with Gasteiger partial charge in [0.1, 0.15) is 5.76 Å². The van der Waals surface area contributed by atoms with Gasteiger partial charge in [-0.2, -0.15) is 0 Å².